The van der Waals surface area contributed by atoms with Gasteiger partial charge in [0.15, 0.2) is 0 Å². The van der Waals surface area contributed by atoms with Gasteiger partial charge < -0.3 is 9.84 Å². The largest absolute Gasteiger partial charge is 0.489 e. The second-order valence-electron chi connectivity index (χ2n) is 7.95. The Morgan fingerprint density at radius 2 is 1.77 bits per heavy atom. The van der Waals surface area contributed by atoms with Gasteiger partial charge in [0, 0.05) is 12.0 Å². The minimum atomic E-state index is -0.788. The molecule has 1 heterocycles. The maximum atomic E-state index is 11.0. The molecule has 1 N–H and O–H groups in total. The zero-order valence-electron chi connectivity index (χ0n) is 17.2. The van der Waals surface area contributed by atoms with Gasteiger partial charge in [-0.3, -0.25) is 9.48 Å². The summed E-state index contributed by atoms with van der Waals surface area (Å²) in [5, 5.41) is 13.8. The number of carbonyl (C=O) groups is 1. The lowest BCUT2D eigenvalue weighted by Gasteiger charge is -2.24. The normalized spacial score (nSPS) is 14.5. The van der Waals surface area contributed by atoms with Crippen LogP contribution < -0.4 is 4.74 Å². The SMILES string of the molecule is O=C(O)CCc1cc(-c2ccc(OCc3ccccc3)cc2)n(C2CCCCC2)n1. The molecule has 5 nitrogen and oxygen atoms in total. The van der Waals surface area contributed by atoms with Crippen LogP contribution in [0.3, 0.4) is 0 Å². The number of aromatic nitrogens is 2. The first kappa shape index (κ1) is 20.2. The van der Waals surface area contributed by atoms with Gasteiger partial charge >= 0.3 is 5.97 Å². The van der Waals surface area contributed by atoms with Crippen molar-refractivity contribution < 1.29 is 14.6 Å². The molecular formula is C25H28N2O3. The summed E-state index contributed by atoms with van der Waals surface area (Å²) in [4.78, 5) is 11.0. The number of hydrogen-bond donors (Lipinski definition) is 1. The van der Waals surface area contributed by atoms with Crippen LogP contribution >= 0.6 is 0 Å². The highest BCUT2D eigenvalue weighted by molar-refractivity contribution is 5.67. The van der Waals surface area contributed by atoms with Gasteiger partial charge in [-0.1, -0.05) is 49.6 Å². The Kier molecular flexibility index (Phi) is 6.47. The highest BCUT2D eigenvalue weighted by Gasteiger charge is 2.21. The van der Waals surface area contributed by atoms with Crippen LogP contribution in [-0.4, -0.2) is 20.9 Å². The molecule has 156 valence electrons. The maximum Gasteiger partial charge on any atom is 0.303 e. The van der Waals surface area contributed by atoms with E-state index in [4.69, 9.17) is 14.9 Å². The molecule has 5 heteroatoms. The second-order valence-corrected chi connectivity index (χ2v) is 7.95. The summed E-state index contributed by atoms with van der Waals surface area (Å²) >= 11 is 0. The predicted molar refractivity (Wildman–Crippen MR) is 117 cm³/mol. The lowest BCUT2D eigenvalue weighted by Crippen LogP contribution is -2.15. The predicted octanol–water partition coefficient (Wildman–Crippen LogP) is 5.65. The van der Waals surface area contributed by atoms with E-state index in [0.717, 1.165) is 41.1 Å². The fourth-order valence-electron chi connectivity index (χ4n) is 4.08. The molecule has 0 spiro atoms. The van der Waals surface area contributed by atoms with E-state index in [1.54, 1.807) is 0 Å². The number of nitrogens with zero attached hydrogens (tertiary/aromatic N) is 2. The monoisotopic (exact) mass is 404 g/mol. The van der Waals surface area contributed by atoms with E-state index >= 15 is 0 Å². The van der Waals surface area contributed by atoms with Crippen LogP contribution in [0.5, 0.6) is 5.75 Å². The van der Waals surface area contributed by atoms with Gasteiger partial charge in [0.1, 0.15) is 12.4 Å². The average molecular weight is 405 g/mol. The van der Waals surface area contributed by atoms with E-state index in [9.17, 15) is 4.79 Å². The fourth-order valence-corrected chi connectivity index (χ4v) is 4.08. The number of rotatable bonds is 8. The Morgan fingerprint density at radius 1 is 1.03 bits per heavy atom. The number of hydrogen-bond acceptors (Lipinski definition) is 3. The summed E-state index contributed by atoms with van der Waals surface area (Å²) in [7, 11) is 0. The molecule has 1 aromatic heterocycles. The van der Waals surface area contributed by atoms with Gasteiger partial charge in [0.05, 0.1) is 23.9 Å². The minimum Gasteiger partial charge on any atom is -0.489 e. The van der Waals surface area contributed by atoms with E-state index in [-0.39, 0.29) is 6.42 Å². The van der Waals surface area contributed by atoms with Crippen LogP contribution in [-0.2, 0) is 17.8 Å². The number of carboxylic acid groups (broad SMARTS) is 1. The first-order valence-electron chi connectivity index (χ1n) is 10.8. The zero-order valence-corrected chi connectivity index (χ0v) is 17.2. The third kappa shape index (κ3) is 5.09. The molecule has 1 aliphatic rings. The number of aryl methyl sites for hydroxylation is 1. The van der Waals surface area contributed by atoms with Crippen molar-refractivity contribution >= 4 is 5.97 Å². The van der Waals surface area contributed by atoms with Crippen molar-refractivity contribution in [2.75, 3.05) is 0 Å². The fraction of sp³-hybridized carbons (Fsp3) is 0.360. The maximum absolute atomic E-state index is 11.0. The Balaban J connectivity index is 1.52. The van der Waals surface area contributed by atoms with E-state index in [0.29, 0.717) is 19.1 Å². The number of carboxylic acids is 1. The molecule has 30 heavy (non-hydrogen) atoms. The van der Waals surface area contributed by atoms with Gasteiger partial charge in [0.2, 0.25) is 0 Å². The number of ether oxygens (including phenoxy) is 1. The van der Waals surface area contributed by atoms with Crippen LogP contribution in [0.15, 0.2) is 60.7 Å². The highest BCUT2D eigenvalue weighted by atomic mass is 16.5. The van der Waals surface area contributed by atoms with E-state index < -0.39 is 5.97 Å². The van der Waals surface area contributed by atoms with Crippen molar-refractivity contribution in [3.05, 3.63) is 71.9 Å². The third-order valence-electron chi connectivity index (χ3n) is 5.70. The van der Waals surface area contributed by atoms with Crippen molar-refractivity contribution in [1.82, 2.24) is 9.78 Å². The molecular weight excluding hydrogens is 376 g/mol. The summed E-state index contributed by atoms with van der Waals surface area (Å²) in [6.45, 7) is 0.541. The van der Waals surface area contributed by atoms with E-state index in [2.05, 4.69) is 35.0 Å². The van der Waals surface area contributed by atoms with Crippen LogP contribution in [0.4, 0.5) is 0 Å². The average Bonchev–Trinajstić information content (AvgIpc) is 3.22. The molecule has 0 unspecified atom stereocenters. The summed E-state index contributed by atoms with van der Waals surface area (Å²) < 4.78 is 8.05. The zero-order chi connectivity index (χ0) is 20.8. The van der Waals surface area contributed by atoms with Crippen LogP contribution in [0.2, 0.25) is 0 Å². The summed E-state index contributed by atoms with van der Waals surface area (Å²) in [6, 6.07) is 20.7. The van der Waals surface area contributed by atoms with Gasteiger partial charge in [-0.25, -0.2) is 0 Å². The van der Waals surface area contributed by atoms with Gasteiger partial charge in [-0.2, -0.15) is 5.10 Å². The van der Waals surface area contributed by atoms with E-state index in [1.165, 1.54) is 19.3 Å². The Morgan fingerprint density at radius 3 is 2.47 bits per heavy atom. The molecule has 1 aliphatic carbocycles. The van der Waals surface area contributed by atoms with E-state index in [1.807, 2.05) is 30.3 Å². The summed E-state index contributed by atoms with van der Waals surface area (Å²) in [5.41, 5.74) is 4.14. The number of benzene rings is 2. The highest BCUT2D eigenvalue weighted by Crippen LogP contribution is 2.33. The van der Waals surface area contributed by atoms with Crippen molar-refractivity contribution in [2.45, 2.75) is 57.6 Å². The topological polar surface area (TPSA) is 64.3 Å². The number of aliphatic carboxylic acids is 1. The van der Waals surface area contributed by atoms with Gasteiger partial charge in [-0.15, -0.1) is 0 Å². The van der Waals surface area contributed by atoms with Crippen molar-refractivity contribution in [2.24, 2.45) is 0 Å². The van der Waals surface area contributed by atoms with Crippen molar-refractivity contribution in [3.63, 3.8) is 0 Å². The van der Waals surface area contributed by atoms with Crippen LogP contribution in [0.1, 0.15) is 55.8 Å². The molecule has 0 saturated heterocycles. The van der Waals surface area contributed by atoms with Crippen molar-refractivity contribution in [1.29, 1.82) is 0 Å². The molecule has 2 aromatic carbocycles. The first-order valence-corrected chi connectivity index (χ1v) is 10.8. The molecule has 4 rings (SSSR count). The molecule has 3 aromatic rings. The molecule has 0 radical (unpaired) electrons. The van der Waals surface area contributed by atoms with Crippen molar-refractivity contribution in [3.8, 4) is 17.0 Å². The summed E-state index contributed by atoms with van der Waals surface area (Å²) in [5.74, 6) is 0.0427. The first-order chi connectivity index (χ1) is 14.7. The smallest absolute Gasteiger partial charge is 0.303 e. The molecule has 0 atom stereocenters. The van der Waals surface area contributed by atoms with Crippen LogP contribution in [0, 0.1) is 0 Å². The molecule has 0 bridgehead atoms. The van der Waals surface area contributed by atoms with Crippen LogP contribution in [0.25, 0.3) is 11.3 Å². The third-order valence-corrected chi connectivity index (χ3v) is 5.70. The lowest BCUT2D eigenvalue weighted by atomic mass is 9.95. The standard InChI is InChI=1S/C25H28N2O3/c28-25(29)16-13-21-17-24(27(26-21)22-9-5-2-6-10-22)20-11-14-23(15-12-20)30-18-19-7-3-1-4-8-19/h1,3-4,7-8,11-12,14-15,17,22H,2,5-6,9-10,13,16,18H2,(H,28,29). The lowest BCUT2D eigenvalue weighted by molar-refractivity contribution is -0.136. The minimum absolute atomic E-state index is 0.105. The Labute approximate surface area is 177 Å². The second kappa shape index (κ2) is 9.61. The summed E-state index contributed by atoms with van der Waals surface area (Å²) in [6.07, 6.45) is 6.55. The quantitative estimate of drug-likeness (QED) is 0.527. The molecule has 0 amide bonds. The molecule has 1 fully saturated rings. The molecule has 1 saturated carbocycles. The van der Waals surface area contributed by atoms with Gasteiger partial charge in [0.25, 0.3) is 0 Å². The van der Waals surface area contributed by atoms with Gasteiger partial charge in [-0.05, 0) is 48.7 Å². The Hall–Kier alpha value is -3.08. The Bertz CT molecular complexity index is 958. The molecule has 0 aliphatic heterocycles.